The monoisotopic (exact) mass is 253 g/mol. The summed E-state index contributed by atoms with van der Waals surface area (Å²) in [5.74, 6) is 0.356. The third kappa shape index (κ3) is 2.17. The second-order valence-corrected chi connectivity index (χ2v) is 5.34. The summed E-state index contributed by atoms with van der Waals surface area (Å²) in [7, 11) is 1.58. The van der Waals surface area contributed by atoms with Gasteiger partial charge in [0, 0.05) is 13.1 Å². The number of amides is 2. The van der Waals surface area contributed by atoms with Gasteiger partial charge in [-0.15, -0.1) is 0 Å². The summed E-state index contributed by atoms with van der Waals surface area (Å²) in [5.41, 5.74) is 5.82. The van der Waals surface area contributed by atoms with Gasteiger partial charge >= 0.3 is 0 Å². The van der Waals surface area contributed by atoms with Gasteiger partial charge in [-0.25, -0.2) is 0 Å². The van der Waals surface area contributed by atoms with Gasteiger partial charge in [0.25, 0.3) is 0 Å². The number of likely N-dealkylation sites (N-methyl/N-ethyl adjacent to an activating group) is 2. The normalized spacial score (nSPS) is 32.9. The van der Waals surface area contributed by atoms with E-state index in [4.69, 9.17) is 5.73 Å². The Morgan fingerprint density at radius 3 is 2.61 bits per heavy atom. The molecule has 1 saturated carbocycles. The van der Waals surface area contributed by atoms with Crippen LogP contribution in [0.5, 0.6) is 0 Å². The number of carbonyl (C=O) groups excluding carboxylic acids is 2. The summed E-state index contributed by atoms with van der Waals surface area (Å²) in [4.78, 5) is 27.2. The summed E-state index contributed by atoms with van der Waals surface area (Å²) < 4.78 is 0. The first-order valence-corrected chi connectivity index (χ1v) is 6.86. The molecule has 0 bridgehead atoms. The van der Waals surface area contributed by atoms with Crippen LogP contribution in [0, 0.1) is 5.92 Å². The first-order chi connectivity index (χ1) is 8.60. The lowest BCUT2D eigenvalue weighted by Gasteiger charge is -2.35. The van der Waals surface area contributed by atoms with Crippen LogP contribution >= 0.6 is 0 Å². The van der Waals surface area contributed by atoms with E-state index in [1.807, 2.05) is 0 Å². The number of hydrogen-bond acceptors (Lipinski definition) is 4. The number of hydrogen-bond donors (Lipinski definition) is 1. The van der Waals surface area contributed by atoms with Crippen LogP contribution in [0.25, 0.3) is 0 Å². The molecule has 2 amide bonds. The minimum absolute atomic E-state index is 0.0514. The van der Waals surface area contributed by atoms with Gasteiger partial charge in [0.1, 0.15) is 0 Å². The minimum Gasteiger partial charge on any atom is -0.330 e. The SMILES string of the molecule is CCN(C1CC(=O)N(C)C1=O)C1CCCC1CN. The van der Waals surface area contributed by atoms with Crippen molar-refractivity contribution in [3.63, 3.8) is 0 Å². The number of rotatable bonds is 4. The van der Waals surface area contributed by atoms with E-state index in [1.54, 1.807) is 7.05 Å². The molecule has 0 aromatic heterocycles. The molecule has 0 aromatic carbocycles. The fourth-order valence-corrected chi connectivity index (χ4v) is 3.41. The smallest absolute Gasteiger partial charge is 0.246 e. The van der Waals surface area contributed by atoms with E-state index in [0.717, 1.165) is 19.4 Å². The van der Waals surface area contributed by atoms with Crippen molar-refractivity contribution in [2.24, 2.45) is 11.7 Å². The summed E-state index contributed by atoms with van der Waals surface area (Å²) in [6.07, 6.45) is 3.74. The molecule has 0 spiro atoms. The van der Waals surface area contributed by atoms with Gasteiger partial charge in [0.15, 0.2) is 0 Å². The van der Waals surface area contributed by atoms with Crippen molar-refractivity contribution in [1.29, 1.82) is 0 Å². The molecule has 102 valence electrons. The molecule has 2 N–H and O–H groups in total. The molecule has 1 aliphatic heterocycles. The summed E-state index contributed by atoms with van der Waals surface area (Å²) in [5, 5.41) is 0. The van der Waals surface area contributed by atoms with Gasteiger partial charge in [0.2, 0.25) is 11.8 Å². The number of imide groups is 1. The lowest BCUT2D eigenvalue weighted by molar-refractivity contribution is -0.138. The molecule has 5 nitrogen and oxygen atoms in total. The zero-order valence-electron chi connectivity index (χ0n) is 11.3. The van der Waals surface area contributed by atoms with Crippen LogP contribution in [0.3, 0.4) is 0 Å². The van der Waals surface area contributed by atoms with E-state index < -0.39 is 0 Å². The molecule has 5 heteroatoms. The van der Waals surface area contributed by atoms with Gasteiger partial charge in [-0.3, -0.25) is 19.4 Å². The standard InChI is InChI=1S/C13H23N3O2/c1-3-16(10-6-4-5-9(10)8-14)11-7-12(17)15(2)13(11)18/h9-11H,3-8,14H2,1-2H3. The molecule has 1 saturated heterocycles. The first-order valence-electron chi connectivity index (χ1n) is 6.86. The minimum atomic E-state index is -0.260. The molecule has 1 aliphatic carbocycles. The zero-order valence-corrected chi connectivity index (χ0v) is 11.3. The molecule has 3 atom stereocenters. The quantitative estimate of drug-likeness (QED) is 0.727. The van der Waals surface area contributed by atoms with Crippen LogP contribution in [0.2, 0.25) is 0 Å². The van der Waals surface area contributed by atoms with Gasteiger partial charge < -0.3 is 5.73 Å². The Balaban J connectivity index is 2.14. The average Bonchev–Trinajstić information content (AvgIpc) is 2.92. The Morgan fingerprint density at radius 1 is 1.39 bits per heavy atom. The molecule has 3 unspecified atom stereocenters. The van der Waals surface area contributed by atoms with Crippen molar-refractivity contribution in [3.8, 4) is 0 Å². The Labute approximate surface area is 108 Å². The second-order valence-electron chi connectivity index (χ2n) is 5.34. The first kappa shape index (κ1) is 13.5. The van der Waals surface area contributed by atoms with Crippen LogP contribution in [0.15, 0.2) is 0 Å². The maximum Gasteiger partial charge on any atom is 0.246 e. The van der Waals surface area contributed by atoms with Crippen molar-refractivity contribution in [1.82, 2.24) is 9.80 Å². The topological polar surface area (TPSA) is 66.6 Å². The van der Waals surface area contributed by atoms with Gasteiger partial charge in [-0.2, -0.15) is 0 Å². The largest absolute Gasteiger partial charge is 0.330 e. The fourth-order valence-electron chi connectivity index (χ4n) is 3.41. The molecule has 18 heavy (non-hydrogen) atoms. The lowest BCUT2D eigenvalue weighted by atomic mass is 10.00. The van der Waals surface area contributed by atoms with Crippen molar-refractivity contribution < 1.29 is 9.59 Å². The Kier molecular flexibility index (Phi) is 4.02. The van der Waals surface area contributed by atoms with E-state index in [0.29, 0.717) is 24.9 Å². The van der Waals surface area contributed by atoms with Gasteiger partial charge in [-0.1, -0.05) is 13.3 Å². The second kappa shape index (κ2) is 5.36. The molecule has 0 radical (unpaired) electrons. The van der Waals surface area contributed by atoms with Crippen LogP contribution < -0.4 is 5.73 Å². The third-order valence-corrected chi connectivity index (χ3v) is 4.47. The average molecular weight is 253 g/mol. The van der Waals surface area contributed by atoms with Crippen molar-refractivity contribution in [3.05, 3.63) is 0 Å². The summed E-state index contributed by atoms with van der Waals surface area (Å²) in [6, 6.07) is 0.109. The predicted molar refractivity (Wildman–Crippen MR) is 68.7 cm³/mol. The highest BCUT2D eigenvalue weighted by atomic mass is 16.2. The molecule has 2 rings (SSSR count). The predicted octanol–water partition coefficient (Wildman–Crippen LogP) is 0.193. The van der Waals surface area contributed by atoms with E-state index in [9.17, 15) is 9.59 Å². The molecular formula is C13H23N3O2. The zero-order chi connectivity index (χ0) is 13.3. The van der Waals surface area contributed by atoms with E-state index >= 15 is 0 Å². The molecule has 2 fully saturated rings. The molecule has 2 aliphatic rings. The highest BCUT2D eigenvalue weighted by molar-refractivity contribution is 6.05. The number of nitrogens with zero attached hydrogens (tertiary/aromatic N) is 2. The highest BCUT2D eigenvalue weighted by Crippen LogP contribution is 2.32. The Morgan fingerprint density at radius 2 is 2.11 bits per heavy atom. The number of carbonyl (C=O) groups is 2. The van der Waals surface area contributed by atoms with Crippen molar-refractivity contribution >= 4 is 11.8 Å². The third-order valence-electron chi connectivity index (χ3n) is 4.47. The summed E-state index contributed by atoms with van der Waals surface area (Å²) >= 11 is 0. The maximum atomic E-state index is 12.1. The number of nitrogens with two attached hydrogens (primary N) is 1. The van der Waals surface area contributed by atoms with E-state index in [1.165, 1.54) is 11.3 Å². The van der Waals surface area contributed by atoms with Crippen LogP contribution in [-0.4, -0.2) is 53.8 Å². The maximum absolute atomic E-state index is 12.1. The van der Waals surface area contributed by atoms with Gasteiger partial charge in [-0.05, 0) is 31.8 Å². The Hall–Kier alpha value is -0.940. The van der Waals surface area contributed by atoms with Crippen molar-refractivity contribution in [2.45, 2.75) is 44.7 Å². The summed E-state index contributed by atoms with van der Waals surface area (Å²) in [6.45, 7) is 3.53. The van der Waals surface area contributed by atoms with Crippen LogP contribution in [0.1, 0.15) is 32.6 Å². The number of likely N-dealkylation sites (tertiary alicyclic amines) is 1. The molecular weight excluding hydrogens is 230 g/mol. The lowest BCUT2D eigenvalue weighted by Crippen LogP contribution is -2.49. The Bertz CT molecular complexity index is 345. The molecule has 0 aromatic rings. The van der Waals surface area contributed by atoms with E-state index in [-0.39, 0.29) is 17.9 Å². The highest BCUT2D eigenvalue weighted by Gasteiger charge is 2.43. The van der Waals surface area contributed by atoms with E-state index in [2.05, 4.69) is 11.8 Å². The van der Waals surface area contributed by atoms with Gasteiger partial charge in [0.05, 0.1) is 12.5 Å². The van der Waals surface area contributed by atoms with Crippen molar-refractivity contribution in [2.75, 3.05) is 20.1 Å². The fraction of sp³-hybridized carbons (Fsp3) is 0.846. The van der Waals surface area contributed by atoms with Crippen LogP contribution in [-0.2, 0) is 9.59 Å². The molecule has 1 heterocycles. The van der Waals surface area contributed by atoms with Crippen LogP contribution in [0.4, 0.5) is 0 Å².